The van der Waals surface area contributed by atoms with Crippen LogP contribution < -0.4 is 0 Å². The smallest absolute Gasteiger partial charge is 0.335 e. The van der Waals surface area contributed by atoms with Gasteiger partial charge in [-0.1, -0.05) is 32.8 Å². The molecule has 0 saturated heterocycles. The second kappa shape index (κ2) is 8.69. The molecule has 3 nitrogen and oxygen atoms in total. The van der Waals surface area contributed by atoms with Crippen molar-refractivity contribution < 1.29 is 14.3 Å². The number of hydrogen-bond acceptors (Lipinski definition) is 2. The standard InChI is InChI=1S/C16H24FNO2/c1-3-5-9-18(10-6-4-2)12-14-8-7-13(16(19)20)11-15(14)17/h7-8,11H,3-6,9-10,12H2,1-2H3,(H,19,20). The number of hydrogen-bond donors (Lipinski definition) is 1. The summed E-state index contributed by atoms with van der Waals surface area (Å²) in [6, 6.07) is 4.16. The van der Waals surface area contributed by atoms with Gasteiger partial charge >= 0.3 is 5.97 Å². The van der Waals surface area contributed by atoms with Crippen LogP contribution in [0, 0.1) is 5.82 Å². The summed E-state index contributed by atoms with van der Waals surface area (Å²) in [6.07, 6.45) is 4.42. The lowest BCUT2D eigenvalue weighted by atomic mass is 10.1. The summed E-state index contributed by atoms with van der Waals surface area (Å²) in [7, 11) is 0. The van der Waals surface area contributed by atoms with E-state index in [1.807, 2.05) is 0 Å². The molecular formula is C16H24FNO2. The molecule has 0 aliphatic heterocycles. The normalized spacial score (nSPS) is 11.0. The third-order valence-corrected chi connectivity index (χ3v) is 3.35. The molecular weight excluding hydrogens is 257 g/mol. The third-order valence-electron chi connectivity index (χ3n) is 3.35. The van der Waals surface area contributed by atoms with Gasteiger partial charge in [0.05, 0.1) is 5.56 Å². The van der Waals surface area contributed by atoms with E-state index in [0.29, 0.717) is 12.1 Å². The molecule has 112 valence electrons. The van der Waals surface area contributed by atoms with E-state index in [1.54, 1.807) is 6.07 Å². The minimum Gasteiger partial charge on any atom is -0.478 e. The van der Waals surface area contributed by atoms with E-state index < -0.39 is 11.8 Å². The quantitative estimate of drug-likeness (QED) is 0.745. The zero-order valence-electron chi connectivity index (χ0n) is 12.4. The highest BCUT2D eigenvalue weighted by molar-refractivity contribution is 5.87. The first kappa shape index (κ1) is 16.6. The van der Waals surface area contributed by atoms with Gasteiger partial charge in [-0.05, 0) is 38.1 Å². The predicted molar refractivity (Wildman–Crippen MR) is 78.5 cm³/mol. The molecule has 0 atom stereocenters. The van der Waals surface area contributed by atoms with Gasteiger partial charge in [-0.2, -0.15) is 0 Å². The van der Waals surface area contributed by atoms with Crippen LogP contribution in [0.25, 0.3) is 0 Å². The minimum absolute atomic E-state index is 0.0000774. The minimum atomic E-state index is -1.09. The van der Waals surface area contributed by atoms with Gasteiger partial charge in [-0.15, -0.1) is 0 Å². The second-order valence-electron chi connectivity index (χ2n) is 5.09. The number of benzene rings is 1. The molecule has 0 bridgehead atoms. The molecule has 0 aliphatic carbocycles. The van der Waals surface area contributed by atoms with Crippen LogP contribution in [-0.2, 0) is 6.54 Å². The molecule has 0 amide bonds. The van der Waals surface area contributed by atoms with Crippen LogP contribution in [0.15, 0.2) is 18.2 Å². The van der Waals surface area contributed by atoms with Gasteiger partial charge in [0.15, 0.2) is 0 Å². The summed E-state index contributed by atoms with van der Waals surface area (Å²) >= 11 is 0. The number of carboxylic acids is 1. The van der Waals surface area contributed by atoms with Crippen molar-refractivity contribution in [3.05, 3.63) is 35.1 Å². The Balaban J connectivity index is 2.73. The molecule has 1 aromatic carbocycles. The Hall–Kier alpha value is -1.42. The molecule has 0 spiro atoms. The van der Waals surface area contributed by atoms with Crippen LogP contribution in [0.2, 0.25) is 0 Å². The van der Waals surface area contributed by atoms with Crippen molar-refractivity contribution in [2.45, 2.75) is 46.1 Å². The van der Waals surface area contributed by atoms with E-state index >= 15 is 0 Å². The topological polar surface area (TPSA) is 40.5 Å². The molecule has 4 heteroatoms. The van der Waals surface area contributed by atoms with E-state index in [2.05, 4.69) is 18.7 Å². The number of carbonyl (C=O) groups is 1. The fraction of sp³-hybridized carbons (Fsp3) is 0.562. The van der Waals surface area contributed by atoms with Crippen molar-refractivity contribution in [1.29, 1.82) is 0 Å². The SMILES string of the molecule is CCCCN(CCCC)Cc1ccc(C(=O)O)cc1F. The lowest BCUT2D eigenvalue weighted by Gasteiger charge is -2.22. The highest BCUT2D eigenvalue weighted by Crippen LogP contribution is 2.14. The number of aromatic carboxylic acids is 1. The zero-order valence-corrected chi connectivity index (χ0v) is 12.4. The van der Waals surface area contributed by atoms with Gasteiger partial charge in [0.1, 0.15) is 5.82 Å². The number of nitrogens with zero attached hydrogens (tertiary/aromatic N) is 1. The first-order valence-electron chi connectivity index (χ1n) is 7.32. The monoisotopic (exact) mass is 281 g/mol. The molecule has 0 saturated carbocycles. The lowest BCUT2D eigenvalue weighted by Crippen LogP contribution is -2.26. The summed E-state index contributed by atoms with van der Waals surface area (Å²) in [5.74, 6) is -1.52. The van der Waals surface area contributed by atoms with Crippen molar-refractivity contribution >= 4 is 5.97 Å². The second-order valence-corrected chi connectivity index (χ2v) is 5.09. The Kier molecular flexibility index (Phi) is 7.23. The summed E-state index contributed by atoms with van der Waals surface area (Å²) in [4.78, 5) is 13.0. The van der Waals surface area contributed by atoms with E-state index in [1.165, 1.54) is 6.07 Å². The predicted octanol–water partition coefficient (Wildman–Crippen LogP) is 3.93. The van der Waals surface area contributed by atoms with Crippen LogP contribution in [0.3, 0.4) is 0 Å². The Morgan fingerprint density at radius 1 is 1.20 bits per heavy atom. The van der Waals surface area contributed by atoms with Crippen LogP contribution >= 0.6 is 0 Å². The molecule has 0 radical (unpaired) electrons. The van der Waals surface area contributed by atoms with Crippen molar-refractivity contribution in [2.75, 3.05) is 13.1 Å². The largest absolute Gasteiger partial charge is 0.478 e. The molecule has 0 unspecified atom stereocenters. The molecule has 1 aromatic rings. The summed E-state index contributed by atoms with van der Waals surface area (Å²) < 4.78 is 13.9. The van der Waals surface area contributed by atoms with Gasteiger partial charge in [-0.25, -0.2) is 9.18 Å². The molecule has 0 heterocycles. The van der Waals surface area contributed by atoms with E-state index in [4.69, 9.17) is 5.11 Å². The van der Waals surface area contributed by atoms with E-state index in [-0.39, 0.29) is 5.56 Å². The Morgan fingerprint density at radius 2 is 1.80 bits per heavy atom. The maximum absolute atomic E-state index is 13.9. The summed E-state index contributed by atoms with van der Waals surface area (Å²) in [5, 5.41) is 8.84. The average Bonchev–Trinajstić information content (AvgIpc) is 2.43. The zero-order chi connectivity index (χ0) is 15.0. The van der Waals surface area contributed by atoms with Gasteiger partial charge in [0, 0.05) is 12.1 Å². The van der Waals surface area contributed by atoms with E-state index in [9.17, 15) is 9.18 Å². The molecule has 20 heavy (non-hydrogen) atoms. The van der Waals surface area contributed by atoms with Gasteiger partial charge in [0.2, 0.25) is 0 Å². The number of rotatable bonds is 9. The maximum Gasteiger partial charge on any atom is 0.335 e. The highest BCUT2D eigenvalue weighted by Gasteiger charge is 2.11. The van der Waals surface area contributed by atoms with E-state index in [0.717, 1.165) is 44.8 Å². The molecule has 0 aliphatic rings. The van der Waals surface area contributed by atoms with Gasteiger partial charge in [0.25, 0.3) is 0 Å². The number of halogens is 1. The Labute approximate surface area is 120 Å². The third kappa shape index (κ3) is 5.29. The first-order chi connectivity index (χ1) is 9.58. The molecule has 0 aromatic heterocycles. The fourth-order valence-corrected chi connectivity index (χ4v) is 2.08. The average molecular weight is 281 g/mol. The van der Waals surface area contributed by atoms with Crippen molar-refractivity contribution in [1.82, 2.24) is 4.90 Å². The fourth-order valence-electron chi connectivity index (χ4n) is 2.08. The van der Waals surface area contributed by atoms with Crippen molar-refractivity contribution in [2.24, 2.45) is 0 Å². The molecule has 0 fully saturated rings. The van der Waals surface area contributed by atoms with Crippen LogP contribution in [0.1, 0.15) is 55.5 Å². The first-order valence-corrected chi connectivity index (χ1v) is 7.32. The van der Waals surface area contributed by atoms with Crippen LogP contribution in [0.4, 0.5) is 4.39 Å². The van der Waals surface area contributed by atoms with Crippen LogP contribution in [0.5, 0.6) is 0 Å². The lowest BCUT2D eigenvalue weighted by molar-refractivity contribution is 0.0696. The van der Waals surface area contributed by atoms with Crippen LogP contribution in [-0.4, -0.2) is 29.1 Å². The van der Waals surface area contributed by atoms with Crippen molar-refractivity contribution in [3.63, 3.8) is 0 Å². The summed E-state index contributed by atoms with van der Waals surface area (Å²) in [6.45, 7) is 6.74. The number of unbranched alkanes of at least 4 members (excludes halogenated alkanes) is 2. The summed E-state index contributed by atoms with van der Waals surface area (Å²) in [5.41, 5.74) is 0.571. The highest BCUT2D eigenvalue weighted by atomic mass is 19.1. The maximum atomic E-state index is 13.9. The number of carboxylic acid groups (broad SMARTS) is 1. The van der Waals surface area contributed by atoms with Crippen molar-refractivity contribution in [3.8, 4) is 0 Å². The Bertz CT molecular complexity index is 426. The molecule has 1 rings (SSSR count). The van der Waals surface area contributed by atoms with Gasteiger partial charge in [-0.3, -0.25) is 4.90 Å². The molecule has 1 N–H and O–H groups in total. The van der Waals surface area contributed by atoms with Gasteiger partial charge < -0.3 is 5.11 Å². The Morgan fingerprint density at radius 3 is 2.25 bits per heavy atom.